The second kappa shape index (κ2) is 5.75. The van der Waals surface area contributed by atoms with Crippen molar-refractivity contribution in [3.63, 3.8) is 0 Å². The lowest BCUT2D eigenvalue weighted by atomic mass is 10.1. The van der Waals surface area contributed by atoms with Gasteiger partial charge in [0.1, 0.15) is 0 Å². The SMILES string of the molecule is O=C(NCC[C@H]1CCCN1)C1CCSC1. The molecule has 0 aromatic carbocycles. The highest BCUT2D eigenvalue weighted by Gasteiger charge is 2.23. The van der Waals surface area contributed by atoms with Crippen molar-refractivity contribution < 1.29 is 4.79 Å². The minimum Gasteiger partial charge on any atom is -0.356 e. The predicted octanol–water partition coefficient (Wildman–Crippen LogP) is 0.998. The fraction of sp³-hybridized carbons (Fsp3) is 0.909. The van der Waals surface area contributed by atoms with Gasteiger partial charge in [-0.05, 0) is 38.0 Å². The van der Waals surface area contributed by atoms with Gasteiger partial charge in [0.05, 0.1) is 0 Å². The van der Waals surface area contributed by atoms with Crippen LogP contribution in [0.4, 0.5) is 0 Å². The molecule has 2 atom stereocenters. The van der Waals surface area contributed by atoms with Gasteiger partial charge in [-0.1, -0.05) is 0 Å². The summed E-state index contributed by atoms with van der Waals surface area (Å²) in [5, 5.41) is 6.50. The first-order chi connectivity index (χ1) is 7.36. The Balaban J connectivity index is 1.58. The summed E-state index contributed by atoms with van der Waals surface area (Å²) in [6, 6.07) is 0.642. The summed E-state index contributed by atoms with van der Waals surface area (Å²) in [5.74, 6) is 2.74. The molecule has 2 heterocycles. The summed E-state index contributed by atoms with van der Waals surface area (Å²) >= 11 is 1.90. The molecule has 0 bridgehead atoms. The van der Waals surface area contributed by atoms with Gasteiger partial charge in [-0.15, -0.1) is 0 Å². The number of hydrogen-bond donors (Lipinski definition) is 2. The highest BCUT2D eigenvalue weighted by Crippen LogP contribution is 2.23. The van der Waals surface area contributed by atoms with Crippen molar-refractivity contribution in [2.24, 2.45) is 5.92 Å². The average Bonchev–Trinajstić information content (AvgIpc) is 2.90. The zero-order valence-corrected chi connectivity index (χ0v) is 9.94. The maximum absolute atomic E-state index is 11.7. The zero-order chi connectivity index (χ0) is 10.5. The first-order valence-electron chi connectivity index (χ1n) is 5.95. The van der Waals surface area contributed by atoms with E-state index in [0.717, 1.165) is 37.4 Å². The van der Waals surface area contributed by atoms with Crippen LogP contribution in [0.25, 0.3) is 0 Å². The number of carbonyl (C=O) groups is 1. The number of thioether (sulfide) groups is 1. The van der Waals surface area contributed by atoms with E-state index in [4.69, 9.17) is 0 Å². The minimum atomic E-state index is 0.276. The molecule has 1 amide bonds. The van der Waals surface area contributed by atoms with Crippen LogP contribution in [0.2, 0.25) is 0 Å². The summed E-state index contributed by atoms with van der Waals surface area (Å²) in [6.45, 7) is 2.00. The van der Waals surface area contributed by atoms with Crippen LogP contribution in [0.3, 0.4) is 0 Å². The van der Waals surface area contributed by atoms with Crippen molar-refractivity contribution in [1.29, 1.82) is 0 Å². The topological polar surface area (TPSA) is 41.1 Å². The second-order valence-corrected chi connectivity index (χ2v) is 5.58. The van der Waals surface area contributed by atoms with E-state index in [1.54, 1.807) is 0 Å². The Labute approximate surface area is 95.8 Å². The third-order valence-corrected chi connectivity index (χ3v) is 4.42. The number of nitrogens with one attached hydrogen (secondary N) is 2. The van der Waals surface area contributed by atoms with E-state index in [1.165, 1.54) is 12.8 Å². The molecule has 2 aliphatic rings. The van der Waals surface area contributed by atoms with Gasteiger partial charge >= 0.3 is 0 Å². The molecule has 2 aliphatic heterocycles. The van der Waals surface area contributed by atoms with Crippen LogP contribution >= 0.6 is 11.8 Å². The van der Waals surface area contributed by atoms with Gasteiger partial charge in [-0.2, -0.15) is 11.8 Å². The van der Waals surface area contributed by atoms with Crippen LogP contribution in [0.15, 0.2) is 0 Å². The highest BCUT2D eigenvalue weighted by atomic mass is 32.2. The quantitative estimate of drug-likeness (QED) is 0.754. The molecule has 2 N–H and O–H groups in total. The molecule has 2 fully saturated rings. The van der Waals surface area contributed by atoms with Crippen molar-refractivity contribution in [1.82, 2.24) is 10.6 Å². The van der Waals surface area contributed by atoms with E-state index in [0.29, 0.717) is 6.04 Å². The lowest BCUT2D eigenvalue weighted by Crippen LogP contribution is -2.34. The molecule has 86 valence electrons. The molecular formula is C11H20N2OS. The number of rotatable bonds is 4. The van der Waals surface area contributed by atoms with E-state index < -0.39 is 0 Å². The molecule has 0 spiro atoms. The Morgan fingerprint density at radius 1 is 1.47 bits per heavy atom. The van der Waals surface area contributed by atoms with Gasteiger partial charge in [0.25, 0.3) is 0 Å². The van der Waals surface area contributed by atoms with Gasteiger partial charge in [0.15, 0.2) is 0 Å². The first kappa shape index (κ1) is 11.3. The summed E-state index contributed by atoms with van der Waals surface area (Å²) < 4.78 is 0. The third kappa shape index (κ3) is 3.38. The summed E-state index contributed by atoms with van der Waals surface area (Å²) in [6.07, 6.45) is 4.72. The fourth-order valence-electron chi connectivity index (χ4n) is 2.26. The van der Waals surface area contributed by atoms with E-state index in [2.05, 4.69) is 10.6 Å². The molecule has 0 aliphatic carbocycles. The van der Waals surface area contributed by atoms with Crippen molar-refractivity contribution >= 4 is 17.7 Å². The fourth-order valence-corrected chi connectivity index (χ4v) is 3.48. The lowest BCUT2D eigenvalue weighted by Gasteiger charge is -2.12. The Morgan fingerprint density at radius 2 is 2.40 bits per heavy atom. The summed E-state index contributed by atoms with van der Waals surface area (Å²) in [4.78, 5) is 11.7. The van der Waals surface area contributed by atoms with E-state index in [-0.39, 0.29) is 11.8 Å². The van der Waals surface area contributed by atoms with Crippen molar-refractivity contribution in [2.45, 2.75) is 31.7 Å². The van der Waals surface area contributed by atoms with Crippen molar-refractivity contribution in [3.05, 3.63) is 0 Å². The van der Waals surface area contributed by atoms with Gasteiger partial charge < -0.3 is 10.6 Å². The normalized spacial score (nSPS) is 30.7. The maximum Gasteiger partial charge on any atom is 0.223 e. The van der Waals surface area contributed by atoms with Gasteiger partial charge in [-0.25, -0.2) is 0 Å². The molecular weight excluding hydrogens is 208 g/mol. The first-order valence-corrected chi connectivity index (χ1v) is 7.10. The highest BCUT2D eigenvalue weighted by molar-refractivity contribution is 7.99. The van der Waals surface area contributed by atoms with E-state index >= 15 is 0 Å². The molecule has 4 heteroatoms. The molecule has 2 saturated heterocycles. The Hall–Kier alpha value is -0.220. The molecule has 0 saturated carbocycles. The Bertz CT molecular complexity index is 211. The molecule has 0 radical (unpaired) electrons. The molecule has 2 rings (SSSR count). The molecule has 0 aromatic heterocycles. The third-order valence-electron chi connectivity index (χ3n) is 3.25. The van der Waals surface area contributed by atoms with Crippen LogP contribution in [0.1, 0.15) is 25.7 Å². The molecule has 3 nitrogen and oxygen atoms in total. The van der Waals surface area contributed by atoms with Crippen LogP contribution in [-0.2, 0) is 4.79 Å². The van der Waals surface area contributed by atoms with Crippen LogP contribution in [0, 0.1) is 5.92 Å². The molecule has 15 heavy (non-hydrogen) atoms. The predicted molar refractivity (Wildman–Crippen MR) is 64.1 cm³/mol. The number of hydrogen-bond acceptors (Lipinski definition) is 3. The van der Waals surface area contributed by atoms with Gasteiger partial charge in [0, 0.05) is 24.3 Å². The summed E-state index contributed by atoms with van der Waals surface area (Å²) in [7, 11) is 0. The van der Waals surface area contributed by atoms with Crippen LogP contribution in [-0.4, -0.2) is 36.5 Å². The van der Waals surface area contributed by atoms with Crippen molar-refractivity contribution in [2.75, 3.05) is 24.6 Å². The van der Waals surface area contributed by atoms with Crippen LogP contribution < -0.4 is 10.6 Å². The van der Waals surface area contributed by atoms with E-state index in [1.807, 2.05) is 11.8 Å². The lowest BCUT2D eigenvalue weighted by molar-refractivity contribution is -0.124. The smallest absolute Gasteiger partial charge is 0.223 e. The molecule has 1 unspecified atom stereocenters. The number of carbonyl (C=O) groups excluding carboxylic acids is 1. The average molecular weight is 228 g/mol. The van der Waals surface area contributed by atoms with Crippen molar-refractivity contribution in [3.8, 4) is 0 Å². The summed E-state index contributed by atoms with van der Waals surface area (Å²) in [5.41, 5.74) is 0. The standard InChI is InChI=1S/C11H20N2OS/c14-11(9-4-7-15-8-9)13-6-3-10-2-1-5-12-10/h9-10,12H,1-8H2,(H,13,14)/t9?,10-/m1/s1. The zero-order valence-electron chi connectivity index (χ0n) is 9.13. The maximum atomic E-state index is 11.7. The Morgan fingerprint density at radius 3 is 3.07 bits per heavy atom. The number of amides is 1. The van der Waals surface area contributed by atoms with E-state index in [9.17, 15) is 4.79 Å². The minimum absolute atomic E-state index is 0.276. The largest absolute Gasteiger partial charge is 0.356 e. The second-order valence-electron chi connectivity index (χ2n) is 4.43. The van der Waals surface area contributed by atoms with Gasteiger partial charge in [-0.3, -0.25) is 4.79 Å². The Kier molecular flexibility index (Phi) is 4.32. The monoisotopic (exact) mass is 228 g/mol. The molecule has 0 aromatic rings. The van der Waals surface area contributed by atoms with Gasteiger partial charge in [0.2, 0.25) is 5.91 Å². The van der Waals surface area contributed by atoms with Crippen LogP contribution in [0.5, 0.6) is 0 Å².